The summed E-state index contributed by atoms with van der Waals surface area (Å²) in [5.41, 5.74) is 5.03. The van der Waals surface area contributed by atoms with E-state index in [2.05, 4.69) is 42.5 Å². The normalized spacial score (nSPS) is 19.6. The summed E-state index contributed by atoms with van der Waals surface area (Å²) >= 11 is 0. The topological polar surface area (TPSA) is 79.0 Å². The van der Waals surface area contributed by atoms with Gasteiger partial charge in [-0.15, -0.1) is 0 Å². The number of carbonyl (C=O) groups excluding carboxylic acids is 2. The highest BCUT2D eigenvalue weighted by molar-refractivity contribution is 5.98. The van der Waals surface area contributed by atoms with E-state index in [1.54, 1.807) is 24.3 Å². The van der Waals surface area contributed by atoms with Gasteiger partial charge in [0.1, 0.15) is 5.65 Å². The predicted molar refractivity (Wildman–Crippen MR) is 149 cm³/mol. The van der Waals surface area contributed by atoms with Gasteiger partial charge in [-0.05, 0) is 87.1 Å². The monoisotopic (exact) mass is 510 g/mol. The molecule has 2 aliphatic rings. The summed E-state index contributed by atoms with van der Waals surface area (Å²) in [6.45, 7) is 7.29. The minimum absolute atomic E-state index is 0.0148. The van der Waals surface area contributed by atoms with Gasteiger partial charge in [0.2, 0.25) is 5.91 Å². The minimum atomic E-state index is -0.207. The Morgan fingerprint density at radius 3 is 2.66 bits per heavy atom. The molecule has 6 heteroatoms. The van der Waals surface area contributed by atoms with Gasteiger partial charge in [0, 0.05) is 55.3 Å². The Bertz CT molecular complexity index is 1420. The Labute approximate surface area is 225 Å². The molecule has 38 heavy (non-hydrogen) atoms. The predicted octanol–water partition coefficient (Wildman–Crippen LogP) is 6.24. The van der Waals surface area contributed by atoms with Crippen LogP contribution in [0.2, 0.25) is 0 Å². The van der Waals surface area contributed by atoms with Crippen LogP contribution < -0.4 is 0 Å². The van der Waals surface area contributed by atoms with Crippen molar-refractivity contribution in [2.45, 2.75) is 83.6 Å². The van der Waals surface area contributed by atoms with Crippen molar-refractivity contribution in [2.75, 3.05) is 6.54 Å². The molecule has 1 aliphatic carbocycles. The summed E-state index contributed by atoms with van der Waals surface area (Å²) in [5, 5.41) is 10.3. The molecular weight excluding hydrogens is 472 g/mol. The van der Waals surface area contributed by atoms with E-state index in [1.165, 1.54) is 31.2 Å². The highest BCUT2D eigenvalue weighted by atomic mass is 16.2. The molecule has 198 valence electrons. The summed E-state index contributed by atoms with van der Waals surface area (Å²) in [5.74, 6) is 1.19. The summed E-state index contributed by atoms with van der Waals surface area (Å²) < 4.78 is 2.09. The van der Waals surface area contributed by atoms with Crippen LogP contribution in [0.25, 0.3) is 11.0 Å². The van der Waals surface area contributed by atoms with Crippen LogP contribution in [-0.2, 0) is 18.3 Å². The van der Waals surface area contributed by atoms with Crippen molar-refractivity contribution in [3.63, 3.8) is 0 Å². The third kappa shape index (κ3) is 4.99. The summed E-state index contributed by atoms with van der Waals surface area (Å²) in [4.78, 5) is 33.2. The van der Waals surface area contributed by atoms with E-state index in [0.29, 0.717) is 35.3 Å². The molecule has 2 fully saturated rings. The van der Waals surface area contributed by atoms with E-state index in [1.807, 2.05) is 13.2 Å². The standard InChI is InChI=1S/C32H38N4O2/c1-21-26(16-28(37)24-11-7-10-23(14-24)18-33)19-34-31-30(21)27(20-35(31)4)25-12-13-36(32(2,3)17-25)29(38)15-22-8-5-6-9-22/h7,10-11,14,19-20,22,25H,5-6,8-9,12-13,15-17H2,1-4H3/t25-/m1/s1. The van der Waals surface area contributed by atoms with Gasteiger partial charge in [0.25, 0.3) is 0 Å². The molecule has 0 N–H and O–H groups in total. The van der Waals surface area contributed by atoms with Gasteiger partial charge in [-0.3, -0.25) is 9.59 Å². The first-order valence-corrected chi connectivity index (χ1v) is 13.9. The number of fused-ring (bicyclic) bond motifs is 1. The summed E-state index contributed by atoms with van der Waals surface area (Å²) in [6, 6.07) is 8.99. The number of hydrogen-bond donors (Lipinski definition) is 0. The number of rotatable bonds is 6. The molecule has 3 heterocycles. The number of amides is 1. The van der Waals surface area contributed by atoms with Gasteiger partial charge in [0.15, 0.2) is 5.78 Å². The van der Waals surface area contributed by atoms with E-state index in [-0.39, 0.29) is 17.7 Å². The van der Waals surface area contributed by atoms with Crippen LogP contribution in [0.5, 0.6) is 0 Å². The lowest BCUT2D eigenvalue weighted by Gasteiger charge is -2.46. The van der Waals surface area contributed by atoms with Crippen LogP contribution in [0, 0.1) is 24.2 Å². The Hall–Kier alpha value is -3.46. The van der Waals surface area contributed by atoms with Gasteiger partial charge in [-0.2, -0.15) is 5.26 Å². The van der Waals surface area contributed by atoms with Crippen LogP contribution in [0.4, 0.5) is 0 Å². The molecule has 3 aromatic rings. The Morgan fingerprint density at radius 1 is 1.18 bits per heavy atom. The number of aromatic nitrogens is 2. The van der Waals surface area contributed by atoms with Crippen molar-refractivity contribution in [3.05, 3.63) is 64.5 Å². The van der Waals surface area contributed by atoms with Crippen molar-refractivity contribution < 1.29 is 9.59 Å². The number of hydrogen-bond acceptors (Lipinski definition) is 4. The lowest BCUT2D eigenvalue weighted by molar-refractivity contribution is -0.139. The highest BCUT2D eigenvalue weighted by Crippen LogP contribution is 2.42. The molecule has 1 aromatic carbocycles. The lowest BCUT2D eigenvalue weighted by atomic mass is 9.78. The molecule has 1 amide bonds. The van der Waals surface area contributed by atoms with E-state index in [9.17, 15) is 14.9 Å². The van der Waals surface area contributed by atoms with Gasteiger partial charge >= 0.3 is 0 Å². The number of nitrogens with zero attached hydrogens (tertiary/aromatic N) is 4. The molecule has 2 aromatic heterocycles. The van der Waals surface area contributed by atoms with Gasteiger partial charge in [0.05, 0.1) is 11.6 Å². The maximum Gasteiger partial charge on any atom is 0.223 e. The second-order valence-corrected chi connectivity index (χ2v) is 12.0. The first-order chi connectivity index (χ1) is 18.2. The molecule has 0 radical (unpaired) electrons. The largest absolute Gasteiger partial charge is 0.338 e. The van der Waals surface area contributed by atoms with E-state index >= 15 is 0 Å². The second kappa shape index (κ2) is 10.4. The fraction of sp³-hybridized carbons (Fsp3) is 0.500. The molecule has 6 nitrogen and oxygen atoms in total. The fourth-order valence-electron chi connectivity index (χ4n) is 6.80. The van der Waals surface area contributed by atoms with Crippen molar-refractivity contribution >= 4 is 22.7 Å². The van der Waals surface area contributed by atoms with Crippen molar-refractivity contribution in [3.8, 4) is 6.07 Å². The Kier molecular flexibility index (Phi) is 7.13. The van der Waals surface area contributed by atoms with Gasteiger partial charge in [-0.25, -0.2) is 4.98 Å². The number of pyridine rings is 1. The lowest BCUT2D eigenvalue weighted by Crippen LogP contribution is -2.52. The van der Waals surface area contributed by atoms with Crippen molar-refractivity contribution in [1.29, 1.82) is 5.26 Å². The number of Topliss-reactive ketones (excluding diaryl/α,β-unsaturated/α-hetero) is 1. The van der Waals surface area contributed by atoms with E-state index in [0.717, 1.165) is 41.5 Å². The molecule has 0 spiro atoms. The molecule has 0 unspecified atom stereocenters. The number of carbonyl (C=O) groups is 2. The maximum absolute atomic E-state index is 13.3. The number of aryl methyl sites for hydroxylation is 2. The smallest absolute Gasteiger partial charge is 0.223 e. The number of ketones is 1. The number of piperidine rings is 1. The molecule has 1 aliphatic heterocycles. The van der Waals surface area contributed by atoms with Gasteiger partial charge in [-0.1, -0.05) is 25.0 Å². The Morgan fingerprint density at radius 2 is 1.95 bits per heavy atom. The summed E-state index contributed by atoms with van der Waals surface area (Å²) in [7, 11) is 2.03. The molecule has 1 atom stereocenters. The van der Waals surface area contributed by atoms with E-state index < -0.39 is 0 Å². The fourth-order valence-corrected chi connectivity index (χ4v) is 6.80. The van der Waals surface area contributed by atoms with Crippen LogP contribution >= 0.6 is 0 Å². The number of nitriles is 1. The van der Waals surface area contributed by atoms with Gasteiger partial charge < -0.3 is 9.47 Å². The maximum atomic E-state index is 13.3. The SMILES string of the molecule is Cc1c(CC(=O)c2cccc(C#N)c2)cnc2c1c([C@@H]1CCN(C(=O)CC3CCCC3)C(C)(C)C1)cn2C. The average Bonchev–Trinajstić information content (AvgIpc) is 3.52. The van der Waals surface area contributed by atoms with Crippen LogP contribution in [-0.4, -0.2) is 38.2 Å². The average molecular weight is 511 g/mol. The molecule has 1 saturated heterocycles. The third-order valence-electron chi connectivity index (χ3n) is 8.90. The van der Waals surface area contributed by atoms with E-state index in [4.69, 9.17) is 4.98 Å². The highest BCUT2D eigenvalue weighted by Gasteiger charge is 2.39. The zero-order valence-corrected chi connectivity index (χ0v) is 23.1. The second-order valence-electron chi connectivity index (χ2n) is 12.0. The number of likely N-dealkylation sites (tertiary alicyclic amines) is 1. The zero-order chi connectivity index (χ0) is 27.0. The van der Waals surface area contributed by atoms with Crippen LogP contribution in [0.1, 0.15) is 97.3 Å². The summed E-state index contributed by atoms with van der Waals surface area (Å²) in [6.07, 6.45) is 11.7. The minimum Gasteiger partial charge on any atom is -0.338 e. The zero-order valence-electron chi connectivity index (χ0n) is 23.1. The Balaban J connectivity index is 1.39. The first kappa shape index (κ1) is 26.2. The molecule has 5 rings (SSSR count). The molecule has 1 saturated carbocycles. The third-order valence-corrected chi connectivity index (χ3v) is 8.90. The number of benzene rings is 1. The quantitative estimate of drug-likeness (QED) is 0.368. The first-order valence-electron chi connectivity index (χ1n) is 13.9. The van der Waals surface area contributed by atoms with Crippen molar-refractivity contribution in [1.82, 2.24) is 14.5 Å². The van der Waals surface area contributed by atoms with Crippen LogP contribution in [0.15, 0.2) is 36.7 Å². The van der Waals surface area contributed by atoms with Crippen molar-refractivity contribution in [2.24, 2.45) is 13.0 Å². The molecular formula is C32H38N4O2. The van der Waals surface area contributed by atoms with Crippen LogP contribution in [0.3, 0.4) is 0 Å². The molecule has 0 bridgehead atoms.